The lowest BCUT2D eigenvalue weighted by Gasteiger charge is -2.03. The van der Waals surface area contributed by atoms with Crippen LogP contribution in [0.25, 0.3) is 0 Å². The fraction of sp³-hybridized carbons (Fsp3) is 0.200. The Balaban J connectivity index is 2.97. The van der Waals surface area contributed by atoms with Crippen molar-refractivity contribution >= 4 is 22.4 Å². The summed E-state index contributed by atoms with van der Waals surface area (Å²) in [5.74, 6) is 0. The van der Waals surface area contributed by atoms with Crippen LogP contribution in [-0.2, 0) is 10.8 Å². The first-order chi connectivity index (χ1) is 5.91. The molecule has 13 heavy (non-hydrogen) atoms. The zero-order valence-corrected chi connectivity index (χ0v) is 7.45. The lowest BCUT2D eigenvalue weighted by Crippen LogP contribution is -2.17. The Morgan fingerprint density at radius 2 is 1.92 bits per heavy atom. The van der Waals surface area contributed by atoms with E-state index in [1.807, 2.05) is 0 Å². The molecule has 1 unspecified atom stereocenters. The molecule has 1 rings (SSSR count). The summed E-state index contributed by atoms with van der Waals surface area (Å²) in [5, 5.41) is 5.47. The highest BCUT2D eigenvalue weighted by Gasteiger charge is 2.39. The highest BCUT2D eigenvalue weighted by Crippen LogP contribution is 2.24. The van der Waals surface area contributed by atoms with E-state index >= 15 is 0 Å². The maximum absolute atomic E-state index is 11.8. The molecule has 8 heteroatoms. The van der Waals surface area contributed by atoms with Gasteiger partial charge in [-0.3, -0.25) is 0 Å². The Labute approximate surface area is 78.4 Å². The van der Waals surface area contributed by atoms with Crippen LogP contribution in [0.2, 0.25) is 5.15 Å². The van der Waals surface area contributed by atoms with E-state index in [4.69, 9.17) is 11.6 Å². The standard InChI is InChI=1S/C5H2ClF3N2OS/c6-3-1-2-4(11-10-3)13(12)5(7,8)9/h1-2H. The molecule has 1 aromatic rings. The molecule has 0 amide bonds. The molecule has 3 nitrogen and oxygen atoms in total. The second kappa shape index (κ2) is 3.59. The molecule has 0 bridgehead atoms. The van der Waals surface area contributed by atoms with Crippen LogP contribution in [0, 0.1) is 0 Å². The molecule has 0 aliphatic heterocycles. The van der Waals surface area contributed by atoms with Crippen molar-refractivity contribution in [1.29, 1.82) is 0 Å². The fourth-order valence-corrected chi connectivity index (χ4v) is 1.17. The number of hydrogen-bond donors (Lipinski definition) is 0. The summed E-state index contributed by atoms with van der Waals surface area (Å²) in [4.78, 5) is 0. The van der Waals surface area contributed by atoms with Gasteiger partial charge in [-0.25, -0.2) is 4.21 Å². The van der Waals surface area contributed by atoms with Gasteiger partial charge in [0.25, 0.3) is 0 Å². The third-order valence-corrected chi connectivity index (χ3v) is 2.23. The predicted molar refractivity (Wildman–Crippen MR) is 39.5 cm³/mol. The van der Waals surface area contributed by atoms with Gasteiger partial charge in [-0.1, -0.05) is 11.6 Å². The van der Waals surface area contributed by atoms with Crippen molar-refractivity contribution in [3.05, 3.63) is 17.3 Å². The summed E-state index contributed by atoms with van der Waals surface area (Å²) in [5.41, 5.74) is -4.82. The second-order valence-corrected chi connectivity index (χ2v) is 3.71. The van der Waals surface area contributed by atoms with E-state index < -0.39 is 21.3 Å². The first kappa shape index (κ1) is 10.4. The molecular formula is C5H2ClF3N2OS. The van der Waals surface area contributed by atoms with Crippen LogP contribution >= 0.6 is 11.6 Å². The number of rotatable bonds is 1. The summed E-state index contributed by atoms with van der Waals surface area (Å²) in [6.45, 7) is 0. The Hall–Kier alpha value is -0.690. The Kier molecular flexibility index (Phi) is 2.87. The van der Waals surface area contributed by atoms with Crippen molar-refractivity contribution < 1.29 is 17.4 Å². The van der Waals surface area contributed by atoms with Crippen LogP contribution in [0.1, 0.15) is 0 Å². The molecule has 0 spiro atoms. The number of halogens is 4. The minimum absolute atomic E-state index is 0.0528. The zero-order chi connectivity index (χ0) is 10.1. The first-order valence-corrected chi connectivity index (χ1v) is 4.42. The maximum atomic E-state index is 11.8. The van der Waals surface area contributed by atoms with Crippen molar-refractivity contribution in [2.45, 2.75) is 10.5 Å². The average molecular weight is 231 g/mol. The van der Waals surface area contributed by atoms with Gasteiger partial charge in [-0.2, -0.15) is 13.2 Å². The normalized spacial score (nSPS) is 14.2. The maximum Gasteiger partial charge on any atom is 0.477 e. The zero-order valence-electron chi connectivity index (χ0n) is 5.88. The van der Waals surface area contributed by atoms with Crippen molar-refractivity contribution in [1.82, 2.24) is 10.2 Å². The summed E-state index contributed by atoms with van der Waals surface area (Å²) in [7, 11) is -3.14. The lowest BCUT2D eigenvalue weighted by atomic mass is 10.6. The Morgan fingerprint density at radius 3 is 2.31 bits per heavy atom. The highest BCUT2D eigenvalue weighted by atomic mass is 35.5. The van der Waals surface area contributed by atoms with E-state index in [-0.39, 0.29) is 5.15 Å². The molecule has 0 radical (unpaired) electrons. The highest BCUT2D eigenvalue weighted by molar-refractivity contribution is 7.85. The molecular weight excluding hydrogens is 229 g/mol. The quantitative estimate of drug-likeness (QED) is 0.738. The number of nitrogens with zero attached hydrogens (tertiary/aromatic N) is 2. The van der Waals surface area contributed by atoms with Gasteiger partial charge >= 0.3 is 5.51 Å². The first-order valence-electron chi connectivity index (χ1n) is 2.89. The van der Waals surface area contributed by atoms with Gasteiger partial charge in [-0.15, -0.1) is 10.2 Å². The smallest absolute Gasteiger partial charge is 0.243 e. The van der Waals surface area contributed by atoms with E-state index in [2.05, 4.69) is 10.2 Å². The summed E-state index contributed by atoms with van der Waals surface area (Å²) >= 11 is 5.28. The second-order valence-electron chi connectivity index (χ2n) is 1.91. The number of hydrogen-bond acceptors (Lipinski definition) is 3. The molecule has 0 aromatic carbocycles. The van der Waals surface area contributed by atoms with Crippen LogP contribution in [0.3, 0.4) is 0 Å². The topological polar surface area (TPSA) is 42.9 Å². The molecule has 1 aromatic heterocycles. The van der Waals surface area contributed by atoms with Gasteiger partial charge in [0.15, 0.2) is 21.0 Å². The van der Waals surface area contributed by atoms with Crippen molar-refractivity contribution in [2.75, 3.05) is 0 Å². The van der Waals surface area contributed by atoms with Gasteiger partial charge < -0.3 is 0 Å². The summed E-state index contributed by atoms with van der Waals surface area (Å²) in [6.07, 6.45) is 0. The van der Waals surface area contributed by atoms with Crippen LogP contribution in [-0.4, -0.2) is 19.9 Å². The molecule has 0 N–H and O–H groups in total. The third-order valence-electron chi connectivity index (χ3n) is 1.01. The van der Waals surface area contributed by atoms with E-state index in [9.17, 15) is 17.4 Å². The minimum atomic E-state index is -4.82. The van der Waals surface area contributed by atoms with Crippen LogP contribution in [0.5, 0.6) is 0 Å². The van der Waals surface area contributed by atoms with Crippen LogP contribution in [0.4, 0.5) is 13.2 Å². The third kappa shape index (κ3) is 2.63. The van der Waals surface area contributed by atoms with Crippen molar-refractivity contribution in [2.24, 2.45) is 0 Å². The van der Waals surface area contributed by atoms with E-state index in [1.54, 1.807) is 0 Å². The number of aromatic nitrogens is 2. The fourth-order valence-electron chi connectivity index (χ4n) is 0.521. The number of alkyl halides is 3. The molecule has 0 saturated heterocycles. The molecule has 0 aliphatic carbocycles. The van der Waals surface area contributed by atoms with E-state index in [0.29, 0.717) is 0 Å². The SMILES string of the molecule is O=S(c1ccc(Cl)nn1)C(F)(F)F. The molecule has 0 saturated carbocycles. The van der Waals surface area contributed by atoms with Crippen molar-refractivity contribution in [3.63, 3.8) is 0 Å². The van der Waals surface area contributed by atoms with E-state index in [0.717, 1.165) is 12.1 Å². The lowest BCUT2D eigenvalue weighted by molar-refractivity contribution is -0.0386. The Bertz CT molecular complexity index is 326. The predicted octanol–water partition coefficient (Wildman–Crippen LogP) is 1.76. The molecule has 0 fully saturated rings. The monoisotopic (exact) mass is 230 g/mol. The van der Waals surface area contributed by atoms with Gasteiger partial charge in [0, 0.05) is 0 Å². The van der Waals surface area contributed by atoms with Gasteiger partial charge in [0.2, 0.25) is 0 Å². The van der Waals surface area contributed by atoms with Crippen LogP contribution in [0.15, 0.2) is 17.2 Å². The minimum Gasteiger partial charge on any atom is -0.243 e. The van der Waals surface area contributed by atoms with Gasteiger partial charge in [-0.05, 0) is 12.1 Å². The largest absolute Gasteiger partial charge is 0.477 e. The van der Waals surface area contributed by atoms with Crippen LogP contribution < -0.4 is 0 Å². The Morgan fingerprint density at radius 1 is 1.31 bits per heavy atom. The molecule has 1 heterocycles. The summed E-state index contributed by atoms with van der Waals surface area (Å²) in [6, 6.07) is 2.01. The molecule has 1 atom stereocenters. The van der Waals surface area contributed by atoms with Gasteiger partial charge in [0.05, 0.1) is 0 Å². The molecule has 72 valence electrons. The molecule has 0 aliphatic rings. The average Bonchev–Trinajstić information content (AvgIpc) is 2.03. The van der Waals surface area contributed by atoms with E-state index in [1.165, 1.54) is 0 Å². The summed E-state index contributed by atoms with van der Waals surface area (Å²) < 4.78 is 46.1. The van der Waals surface area contributed by atoms with Crippen molar-refractivity contribution in [3.8, 4) is 0 Å². The van der Waals surface area contributed by atoms with Gasteiger partial charge in [0.1, 0.15) is 0 Å².